The summed E-state index contributed by atoms with van der Waals surface area (Å²) in [7, 11) is 0. The van der Waals surface area contributed by atoms with Gasteiger partial charge in [0.25, 0.3) is 0 Å². The van der Waals surface area contributed by atoms with E-state index in [0.29, 0.717) is 31.7 Å². The highest BCUT2D eigenvalue weighted by atomic mass is 19.1. The number of nitrogens with one attached hydrogen (secondary N) is 2. The predicted molar refractivity (Wildman–Crippen MR) is 72.0 cm³/mol. The maximum absolute atomic E-state index is 13.0. The van der Waals surface area contributed by atoms with Crippen LogP contribution in [0.4, 0.5) is 19.3 Å². The number of carbonyl (C=O) groups excluding carboxylic acids is 1. The number of carbonyl (C=O) groups is 2. The van der Waals surface area contributed by atoms with Gasteiger partial charge in [0.05, 0.1) is 0 Å². The van der Waals surface area contributed by atoms with Crippen LogP contribution in [0.25, 0.3) is 0 Å². The molecule has 0 spiro atoms. The largest absolute Gasteiger partial charge is 0.480 e. The van der Waals surface area contributed by atoms with Crippen molar-refractivity contribution in [1.82, 2.24) is 5.32 Å². The third-order valence-corrected chi connectivity index (χ3v) is 3.59. The van der Waals surface area contributed by atoms with Crippen LogP contribution in [0.15, 0.2) is 18.2 Å². The Bertz CT molecular complexity index is 537. The number of benzene rings is 1. The smallest absolute Gasteiger partial charge is 0.329 e. The molecule has 0 heterocycles. The molecule has 0 aromatic heterocycles. The van der Waals surface area contributed by atoms with Crippen molar-refractivity contribution in [1.29, 1.82) is 0 Å². The lowest BCUT2D eigenvalue weighted by molar-refractivity contribution is -0.145. The molecule has 1 saturated carbocycles. The van der Waals surface area contributed by atoms with Crippen molar-refractivity contribution in [2.75, 3.05) is 5.32 Å². The van der Waals surface area contributed by atoms with Gasteiger partial charge in [0.15, 0.2) is 0 Å². The number of aliphatic carboxylic acids is 1. The summed E-state index contributed by atoms with van der Waals surface area (Å²) < 4.78 is 26.1. The fraction of sp³-hybridized carbons (Fsp3) is 0.429. The molecule has 2 amide bonds. The number of amides is 2. The lowest BCUT2D eigenvalue weighted by atomic mass is 9.82. The zero-order valence-corrected chi connectivity index (χ0v) is 11.3. The van der Waals surface area contributed by atoms with Gasteiger partial charge in [-0.3, -0.25) is 0 Å². The van der Waals surface area contributed by atoms with Crippen molar-refractivity contribution in [3.63, 3.8) is 0 Å². The summed E-state index contributed by atoms with van der Waals surface area (Å²) in [6, 6.07) is 1.81. The number of halogens is 2. The molecule has 114 valence electrons. The van der Waals surface area contributed by atoms with Crippen LogP contribution in [0.3, 0.4) is 0 Å². The molecule has 21 heavy (non-hydrogen) atoms. The molecule has 2 rings (SSSR count). The van der Waals surface area contributed by atoms with Gasteiger partial charge in [-0.1, -0.05) is 19.3 Å². The predicted octanol–water partition coefficient (Wildman–Crippen LogP) is 2.87. The van der Waals surface area contributed by atoms with Gasteiger partial charge >= 0.3 is 12.0 Å². The number of anilines is 1. The van der Waals surface area contributed by atoms with E-state index in [4.69, 9.17) is 0 Å². The highest BCUT2D eigenvalue weighted by molar-refractivity contribution is 5.94. The fourth-order valence-electron chi connectivity index (χ4n) is 2.55. The minimum Gasteiger partial charge on any atom is -0.480 e. The van der Waals surface area contributed by atoms with Crippen LogP contribution in [0.2, 0.25) is 0 Å². The van der Waals surface area contributed by atoms with Crippen molar-refractivity contribution in [3.05, 3.63) is 29.8 Å². The summed E-state index contributed by atoms with van der Waals surface area (Å²) >= 11 is 0. The number of urea groups is 1. The Morgan fingerprint density at radius 2 is 1.62 bits per heavy atom. The van der Waals surface area contributed by atoms with Crippen molar-refractivity contribution < 1.29 is 23.5 Å². The Kier molecular flexibility index (Phi) is 4.40. The van der Waals surface area contributed by atoms with Gasteiger partial charge in [-0.15, -0.1) is 0 Å². The van der Waals surface area contributed by atoms with Crippen molar-refractivity contribution in [3.8, 4) is 0 Å². The Hall–Kier alpha value is -2.18. The number of carboxylic acids is 1. The SMILES string of the molecule is O=C(Nc1cc(F)cc(F)c1)NC1(C(=O)O)CCCCC1. The van der Waals surface area contributed by atoms with E-state index < -0.39 is 29.2 Å². The van der Waals surface area contributed by atoms with Gasteiger partial charge in [-0.25, -0.2) is 18.4 Å². The van der Waals surface area contributed by atoms with E-state index in [0.717, 1.165) is 18.6 Å². The Morgan fingerprint density at radius 1 is 1.05 bits per heavy atom. The summed E-state index contributed by atoms with van der Waals surface area (Å²) in [4.78, 5) is 23.3. The van der Waals surface area contributed by atoms with Crippen LogP contribution in [-0.4, -0.2) is 22.6 Å². The molecule has 3 N–H and O–H groups in total. The van der Waals surface area contributed by atoms with Gasteiger partial charge < -0.3 is 15.7 Å². The van der Waals surface area contributed by atoms with Gasteiger partial charge in [-0.2, -0.15) is 0 Å². The molecule has 0 aliphatic heterocycles. The summed E-state index contributed by atoms with van der Waals surface area (Å²) in [6.45, 7) is 0. The van der Waals surface area contributed by atoms with E-state index in [1.165, 1.54) is 0 Å². The molecule has 5 nitrogen and oxygen atoms in total. The molecular weight excluding hydrogens is 282 g/mol. The first-order valence-corrected chi connectivity index (χ1v) is 6.70. The fourth-order valence-corrected chi connectivity index (χ4v) is 2.55. The highest BCUT2D eigenvalue weighted by Gasteiger charge is 2.41. The van der Waals surface area contributed by atoms with Crippen molar-refractivity contribution >= 4 is 17.7 Å². The lowest BCUT2D eigenvalue weighted by Gasteiger charge is -2.33. The first-order chi connectivity index (χ1) is 9.91. The second-order valence-corrected chi connectivity index (χ2v) is 5.19. The summed E-state index contributed by atoms with van der Waals surface area (Å²) in [5, 5.41) is 14.0. The summed E-state index contributed by atoms with van der Waals surface area (Å²) in [5.74, 6) is -2.74. The molecule has 1 aliphatic carbocycles. The molecule has 1 aliphatic rings. The Balaban J connectivity index is 2.07. The normalized spacial score (nSPS) is 17.0. The quantitative estimate of drug-likeness (QED) is 0.803. The Morgan fingerprint density at radius 3 is 2.14 bits per heavy atom. The maximum Gasteiger partial charge on any atom is 0.329 e. The maximum atomic E-state index is 13.0. The van der Waals surface area contributed by atoms with Crippen molar-refractivity contribution in [2.24, 2.45) is 0 Å². The third kappa shape index (κ3) is 3.68. The standard InChI is InChI=1S/C14H16F2N2O3/c15-9-6-10(16)8-11(7-9)17-13(21)18-14(12(19)20)4-2-1-3-5-14/h6-8H,1-5H2,(H,19,20)(H2,17,18,21). The van der Waals surface area contributed by atoms with Crippen molar-refractivity contribution in [2.45, 2.75) is 37.6 Å². The van der Waals surface area contributed by atoms with Crippen LogP contribution in [0.5, 0.6) is 0 Å². The van der Waals surface area contributed by atoms with Gasteiger partial charge in [0, 0.05) is 11.8 Å². The zero-order chi connectivity index (χ0) is 15.5. The molecule has 0 bridgehead atoms. The van der Waals surface area contributed by atoms with E-state index in [1.54, 1.807) is 0 Å². The molecule has 1 aromatic rings. The van der Waals surface area contributed by atoms with E-state index in [2.05, 4.69) is 10.6 Å². The molecule has 1 fully saturated rings. The number of hydrogen-bond acceptors (Lipinski definition) is 2. The summed E-state index contributed by atoms with van der Waals surface area (Å²) in [5.41, 5.74) is -1.38. The molecular formula is C14H16F2N2O3. The van der Waals surface area contributed by atoms with E-state index in [9.17, 15) is 23.5 Å². The number of carboxylic acid groups (broad SMARTS) is 1. The number of hydrogen-bond donors (Lipinski definition) is 3. The molecule has 0 unspecified atom stereocenters. The highest BCUT2D eigenvalue weighted by Crippen LogP contribution is 2.28. The Labute approximate surface area is 120 Å². The van der Waals surface area contributed by atoms with Crippen LogP contribution in [-0.2, 0) is 4.79 Å². The average molecular weight is 298 g/mol. The average Bonchev–Trinajstić information content (AvgIpc) is 2.37. The van der Waals surface area contributed by atoms with E-state index in [1.807, 2.05) is 0 Å². The second kappa shape index (κ2) is 6.07. The van der Waals surface area contributed by atoms with Crippen LogP contribution in [0, 0.1) is 11.6 Å². The first-order valence-electron chi connectivity index (χ1n) is 6.70. The minimum absolute atomic E-state index is 0.0682. The molecule has 0 atom stereocenters. The third-order valence-electron chi connectivity index (χ3n) is 3.59. The topological polar surface area (TPSA) is 78.4 Å². The number of rotatable bonds is 3. The van der Waals surface area contributed by atoms with Gasteiger partial charge in [0.2, 0.25) is 0 Å². The van der Waals surface area contributed by atoms with Gasteiger partial charge in [0.1, 0.15) is 17.2 Å². The zero-order valence-electron chi connectivity index (χ0n) is 11.3. The molecule has 0 saturated heterocycles. The van der Waals surface area contributed by atoms with Crippen LogP contribution < -0.4 is 10.6 Å². The molecule has 0 radical (unpaired) electrons. The van der Waals surface area contributed by atoms with Crippen LogP contribution in [0.1, 0.15) is 32.1 Å². The first kappa shape index (κ1) is 15.2. The van der Waals surface area contributed by atoms with E-state index in [-0.39, 0.29) is 5.69 Å². The van der Waals surface area contributed by atoms with E-state index >= 15 is 0 Å². The monoisotopic (exact) mass is 298 g/mol. The van der Waals surface area contributed by atoms with Crippen LogP contribution >= 0.6 is 0 Å². The second-order valence-electron chi connectivity index (χ2n) is 5.19. The molecule has 1 aromatic carbocycles. The summed E-state index contributed by atoms with van der Waals surface area (Å²) in [6.07, 6.45) is 3.02. The molecule has 7 heteroatoms. The van der Waals surface area contributed by atoms with Gasteiger partial charge in [-0.05, 0) is 25.0 Å². The lowest BCUT2D eigenvalue weighted by Crippen LogP contribution is -2.56. The minimum atomic E-state index is -1.31.